The van der Waals surface area contributed by atoms with Crippen molar-refractivity contribution in [1.29, 1.82) is 0 Å². The molecule has 1 aromatic carbocycles. The number of halogens is 2. The highest BCUT2D eigenvalue weighted by Gasteiger charge is 2.18. The second-order valence-electron chi connectivity index (χ2n) is 4.87. The lowest BCUT2D eigenvalue weighted by Gasteiger charge is -2.27. The quantitative estimate of drug-likeness (QED) is 0.836. The molecule has 0 aliphatic heterocycles. The maximum Gasteiger partial charge on any atom is 0.387 e. The second kappa shape index (κ2) is 6.14. The van der Waals surface area contributed by atoms with Crippen LogP contribution in [0.4, 0.5) is 8.78 Å². The van der Waals surface area contributed by atoms with Crippen molar-refractivity contribution in [3.63, 3.8) is 0 Å². The van der Waals surface area contributed by atoms with Gasteiger partial charge in [0.1, 0.15) is 5.75 Å². The molecule has 0 heterocycles. The van der Waals surface area contributed by atoms with E-state index in [2.05, 4.69) is 17.0 Å². The van der Waals surface area contributed by atoms with Crippen molar-refractivity contribution in [2.24, 2.45) is 5.92 Å². The summed E-state index contributed by atoms with van der Waals surface area (Å²) >= 11 is 0. The fourth-order valence-electron chi connectivity index (χ4n) is 2.10. The van der Waals surface area contributed by atoms with E-state index in [0.29, 0.717) is 0 Å². The molecule has 0 radical (unpaired) electrons. The normalized spacial score (nSPS) is 17.6. The molecule has 1 aliphatic carbocycles. The van der Waals surface area contributed by atoms with E-state index >= 15 is 0 Å². The Kier molecular flexibility index (Phi) is 4.53. The van der Waals surface area contributed by atoms with Crippen LogP contribution in [-0.2, 0) is 0 Å². The van der Waals surface area contributed by atoms with Crippen LogP contribution in [0.3, 0.4) is 0 Å². The third-order valence-corrected chi connectivity index (χ3v) is 3.54. The zero-order valence-corrected chi connectivity index (χ0v) is 10.5. The topological polar surface area (TPSA) is 21.3 Å². The predicted octanol–water partition coefficient (Wildman–Crippen LogP) is 3.74. The third-order valence-electron chi connectivity index (χ3n) is 3.54. The Morgan fingerprint density at radius 3 is 2.44 bits per heavy atom. The molecule has 1 saturated carbocycles. The number of nitrogens with one attached hydrogen (secondary N) is 1. The van der Waals surface area contributed by atoms with Gasteiger partial charge in [0.25, 0.3) is 0 Å². The molecule has 2 nitrogen and oxygen atoms in total. The molecule has 0 amide bonds. The summed E-state index contributed by atoms with van der Waals surface area (Å²) < 4.78 is 28.3. The van der Waals surface area contributed by atoms with Crippen molar-refractivity contribution in [3.8, 4) is 5.75 Å². The van der Waals surface area contributed by atoms with Crippen molar-refractivity contribution >= 4 is 0 Å². The molecule has 0 saturated heterocycles. The average molecular weight is 255 g/mol. The van der Waals surface area contributed by atoms with Gasteiger partial charge in [-0.15, -0.1) is 0 Å². The first-order valence-electron chi connectivity index (χ1n) is 6.43. The Morgan fingerprint density at radius 1 is 1.28 bits per heavy atom. The molecular formula is C14H19F2NO. The van der Waals surface area contributed by atoms with E-state index in [9.17, 15) is 8.78 Å². The number of ether oxygens (including phenoxy) is 1. The van der Waals surface area contributed by atoms with Gasteiger partial charge in [0.2, 0.25) is 0 Å². The molecule has 0 aromatic heterocycles. The van der Waals surface area contributed by atoms with Gasteiger partial charge >= 0.3 is 6.61 Å². The molecule has 0 bridgehead atoms. The number of hydrogen-bond donors (Lipinski definition) is 1. The van der Waals surface area contributed by atoms with Crippen molar-refractivity contribution < 1.29 is 13.5 Å². The minimum Gasteiger partial charge on any atom is -0.435 e. The zero-order valence-electron chi connectivity index (χ0n) is 10.5. The highest BCUT2D eigenvalue weighted by Crippen LogP contribution is 2.26. The van der Waals surface area contributed by atoms with Gasteiger partial charge in [-0.1, -0.05) is 18.6 Å². The highest BCUT2D eigenvalue weighted by molar-refractivity contribution is 5.28. The molecular weight excluding hydrogens is 236 g/mol. The van der Waals surface area contributed by atoms with Crippen molar-refractivity contribution in [1.82, 2.24) is 5.32 Å². The number of alkyl halides is 2. The van der Waals surface area contributed by atoms with Gasteiger partial charge in [0, 0.05) is 6.04 Å². The van der Waals surface area contributed by atoms with Crippen LogP contribution in [0.5, 0.6) is 5.75 Å². The van der Waals surface area contributed by atoms with E-state index in [-0.39, 0.29) is 11.8 Å². The Bertz CT molecular complexity index is 363. The van der Waals surface area contributed by atoms with Gasteiger partial charge in [-0.2, -0.15) is 8.78 Å². The largest absolute Gasteiger partial charge is 0.435 e. The van der Waals surface area contributed by atoms with E-state index in [4.69, 9.17) is 0 Å². The van der Waals surface area contributed by atoms with E-state index in [1.807, 2.05) is 12.1 Å². The van der Waals surface area contributed by atoms with E-state index < -0.39 is 6.61 Å². The van der Waals surface area contributed by atoms with Gasteiger partial charge in [-0.3, -0.25) is 0 Å². The summed E-state index contributed by atoms with van der Waals surface area (Å²) in [5.74, 6) is 1.02. The van der Waals surface area contributed by atoms with Crippen LogP contribution in [0.25, 0.3) is 0 Å². The van der Waals surface area contributed by atoms with Gasteiger partial charge in [-0.25, -0.2) is 0 Å². The lowest BCUT2D eigenvalue weighted by atomic mass is 9.85. The first-order valence-corrected chi connectivity index (χ1v) is 6.43. The molecule has 1 unspecified atom stereocenters. The molecule has 100 valence electrons. The molecule has 0 spiro atoms. The highest BCUT2D eigenvalue weighted by atomic mass is 19.3. The molecule has 1 atom stereocenters. The van der Waals surface area contributed by atoms with Crippen molar-refractivity contribution in [3.05, 3.63) is 29.8 Å². The lowest BCUT2D eigenvalue weighted by Crippen LogP contribution is -2.29. The van der Waals surface area contributed by atoms with Crippen LogP contribution >= 0.6 is 0 Å². The number of hydrogen-bond acceptors (Lipinski definition) is 2. The Morgan fingerprint density at radius 2 is 1.94 bits per heavy atom. The third kappa shape index (κ3) is 3.67. The molecule has 1 aliphatic rings. The molecule has 2 rings (SSSR count). The van der Waals surface area contributed by atoms with E-state index in [1.54, 1.807) is 12.1 Å². The van der Waals surface area contributed by atoms with Crippen molar-refractivity contribution in [2.75, 3.05) is 6.54 Å². The Balaban J connectivity index is 1.83. The van der Waals surface area contributed by atoms with Crippen LogP contribution in [0.2, 0.25) is 0 Å². The standard InChI is InChI=1S/C14H19F2NO/c1-10(17-9-11-3-2-4-11)12-5-7-13(8-6-12)18-14(15)16/h5-8,10-11,14,17H,2-4,9H2,1H3. The van der Waals surface area contributed by atoms with Crippen LogP contribution in [-0.4, -0.2) is 13.2 Å². The fraction of sp³-hybridized carbons (Fsp3) is 0.571. The minimum absolute atomic E-state index is 0.208. The lowest BCUT2D eigenvalue weighted by molar-refractivity contribution is -0.0498. The van der Waals surface area contributed by atoms with Gasteiger partial charge < -0.3 is 10.1 Å². The summed E-state index contributed by atoms with van der Waals surface area (Å²) in [6.07, 6.45) is 3.99. The zero-order chi connectivity index (χ0) is 13.0. The van der Waals surface area contributed by atoms with Crippen LogP contribution in [0.1, 0.15) is 37.8 Å². The predicted molar refractivity (Wildman–Crippen MR) is 66.8 cm³/mol. The van der Waals surface area contributed by atoms with Gasteiger partial charge in [0.15, 0.2) is 0 Å². The summed E-state index contributed by atoms with van der Waals surface area (Å²) in [4.78, 5) is 0. The van der Waals surface area contributed by atoms with Gasteiger partial charge in [-0.05, 0) is 49.9 Å². The summed E-state index contributed by atoms with van der Waals surface area (Å²) in [5, 5.41) is 3.47. The second-order valence-corrected chi connectivity index (χ2v) is 4.87. The Hall–Kier alpha value is -1.16. The van der Waals surface area contributed by atoms with Crippen molar-refractivity contribution in [2.45, 2.75) is 38.8 Å². The minimum atomic E-state index is -2.76. The monoisotopic (exact) mass is 255 g/mol. The van der Waals surface area contributed by atoms with Crippen LogP contribution in [0.15, 0.2) is 24.3 Å². The Labute approximate surface area is 106 Å². The number of rotatable bonds is 6. The molecule has 1 fully saturated rings. The summed E-state index contributed by atoms with van der Waals surface area (Å²) in [5.41, 5.74) is 1.09. The maximum absolute atomic E-state index is 12.0. The first-order chi connectivity index (χ1) is 8.65. The summed E-state index contributed by atoms with van der Waals surface area (Å²) in [6.45, 7) is 0.364. The van der Waals surface area contributed by atoms with E-state index in [1.165, 1.54) is 19.3 Å². The van der Waals surface area contributed by atoms with E-state index in [0.717, 1.165) is 18.0 Å². The first kappa shape index (κ1) is 13.3. The summed E-state index contributed by atoms with van der Waals surface area (Å²) in [7, 11) is 0. The fourth-order valence-corrected chi connectivity index (χ4v) is 2.10. The summed E-state index contributed by atoms with van der Waals surface area (Å²) in [6, 6.07) is 7.07. The number of benzene rings is 1. The molecule has 4 heteroatoms. The molecule has 1 N–H and O–H groups in total. The smallest absolute Gasteiger partial charge is 0.387 e. The molecule has 1 aromatic rings. The maximum atomic E-state index is 12.0. The average Bonchev–Trinajstić information content (AvgIpc) is 2.27. The van der Waals surface area contributed by atoms with Crippen LogP contribution < -0.4 is 10.1 Å². The SMILES string of the molecule is CC(NCC1CCC1)c1ccc(OC(F)F)cc1. The van der Waals surface area contributed by atoms with Crippen LogP contribution in [0, 0.1) is 5.92 Å². The molecule has 18 heavy (non-hydrogen) atoms. The van der Waals surface area contributed by atoms with Gasteiger partial charge in [0.05, 0.1) is 0 Å².